The van der Waals surface area contributed by atoms with Gasteiger partial charge in [-0.2, -0.15) is 0 Å². The van der Waals surface area contributed by atoms with Crippen molar-refractivity contribution in [3.8, 4) is 0 Å². The third-order valence-electron chi connectivity index (χ3n) is 2.68. The number of aliphatic hydroxyl groups is 1. The highest BCUT2D eigenvalue weighted by Gasteiger charge is 2.37. The summed E-state index contributed by atoms with van der Waals surface area (Å²) >= 11 is 0. The second kappa shape index (κ2) is 3.40. The van der Waals surface area contributed by atoms with Gasteiger partial charge in [0.05, 0.1) is 18.8 Å². The third kappa shape index (κ3) is 1.77. The molecule has 0 aromatic heterocycles. The van der Waals surface area contributed by atoms with E-state index in [0.717, 1.165) is 25.9 Å². The normalized spacial score (nSPS) is 45.4. The predicted octanol–water partition coefficient (Wildman–Crippen LogP) is 1.22. The number of rotatable bonds is 0. The van der Waals surface area contributed by atoms with Crippen LogP contribution in [0.3, 0.4) is 0 Å². The van der Waals surface area contributed by atoms with Crippen LogP contribution in [0.25, 0.3) is 0 Å². The lowest BCUT2D eigenvalue weighted by atomic mass is 10.0. The Morgan fingerprint density at radius 2 is 2.31 bits per heavy atom. The van der Waals surface area contributed by atoms with Crippen LogP contribution in [0.15, 0.2) is 12.2 Å². The first-order valence-corrected chi connectivity index (χ1v) is 4.91. The Morgan fingerprint density at radius 1 is 1.46 bits per heavy atom. The molecule has 0 bridgehead atoms. The molecule has 3 atom stereocenters. The summed E-state index contributed by atoms with van der Waals surface area (Å²) in [5.41, 5.74) is 0. The Kier molecular flexibility index (Phi) is 2.41. The number of hydrogen-bond donors (Lipinski definition) is 1. The Labute approximate surface area is 78.3 Å². The zero-order chi connectivity index (χ0) is 9.31. The minimum absolute atomic E-state index is 0.164. The topological polar surface area (TPSA) is 38.7 Å². The molecule has 2 aliphatic heterocycles. The highest BCUT2D eigenvalue weighted by Crippen LogP contribution is 2.32. The van der Waals surface area contributed by atoms with Crippen molar-refractivity contribution in [3.05, 3.63) is 12.2 Å². The van der Waals surface area contributed by atoms with Gasteiger partial charge in [0.25, 0.3) is 0 Å². The molecule has 0 saturated carbocycles. The molecular weight excluding hydrogens is 168 g/mol. The highest BCUT2D eigenvalue weighted by molar-refractivity contribution is 5.06. The summed E-state index contributed by atoms with van der Waals surface area (Å²) in [5, 5.41) is 9.42. The summed E-state index contributed by atoms with van der Waals surface area (Å²) in [6.07, 6.45) is 6.12. The van der Waals surface area contributed by atoms with Gasteiger partial charge in [-0.05, 0) is 25.8 Å². The van der Waals surface area contributed by atoms with Crippen LogP contribution in [0.1, 0.15) is 26.2 Å². The fourth-order valence-corrected chi connectivity index (χ4v) is 1.84. The second-order valence-corrected chi connectivity index (χ2v) is 3.79. The largest absolute Gasteiger partial charge is 0.386 e. The molecule has 1 spiro atoms. The molecule has 0 aliphatic carbocycles. The first kappa shape index (κ1) is 9.19. The van der Waals surface area contributed by atoms with E-state index in [0.29, 0.717) is 0 Å². The average Bonchev–Trinajstić information content (AvgIpc) is 2.14. The third-order valence-corrected chi connectivity index (χ3v) is 2.68. The van der Waals surface area contributed by atoms with Gasteiger partial charge in [-0.1, -0.05) is 6.08 Å². The molecule has 2 heterocycles. The van der Waals surface area contributed by atoms with Crippen LogP contribution in [0, 0.1) is 0 Å². The van der Waals surface area contributed by atoms with Crippen LogP contribution in [-0.2, 0) is 9.47 Å². The van der Waals surface area contributed by atoms with Crippen molar-refractivity contribution >= 4 is 0 Å². The fourth-order valence-electron chi connectivity index (χ4n) is 1.84. The van der Waals surface area contributed by atoms with Gasteiger partial charge in [-0.25, -0.2) is 0 Å². The summed E-state index contributed by atoms with van der Waals surface area (Å²) < 4.78 is 11.3. The molecule has 1 fully saturated rings. The van der Waals surface area contributed by atoms with Crippen molar-refractivity contribution in [2.75, 3.05) is 6.61 Å². The fraction of sp³-hybridized carbons (Fsp3) is 0.800. The molecular formula is C10H16O3. The van der Waals surface area contributed by atoms with Crippen LogP contribution in [0.5, 0.6) is 0 Å². The monoisotopic (exact) mass is 184 g/mol. The molecule has 13 heavy (non-hydrogen) atoms. The van der Waals surface area contributed by atoms with E-state index in [9.17, 15) is 5.11 Å². The van der Waals surface area contributed by atoms with Crippen LogP contribution in [0.4, 0.5) is 0 Å². The van der Waals surface area contributed by atoms with Gasteiger partial charge in [-0.15, -0.1) is 0 Å². The van der Waals surface area contributed by atoms with Crippen molar-refractivity contribution in [2.45, 2.75) is 44.2 Å². The first-order valence-electron chi connectivity index (χ1n) is 4.91. The summed E-state index contributed by atoms with van der Waals surface area (Å²) in [6, 6.07) is 0. The van der Waals surface area contributed by atoms with E-state index in [1.165, 1.54) is 0 Å². The molecule has 2 aliphatic rings. The van der Waals surface area contributed by atoms with E-state index < -0.39 is 11.9 Å². The maximum Gasteiger partial charge on any atom is 0.188 e. The smallest absolute Gasteiger partial charge is 0.188 e. The van der Waals surface area contributed by atoms with Gasteiger partial charge in [-0.3, -0.25) is 0 Å². The summed E-state index contributed by atoms with van der Waals surface area (Å²) in [5.74, 6) is -0.531. The Morgan fingerprint density at radius 3 is 2.92 bits per heavy atom. The van der Waals surface area contributed by atoms with E-state index in [1.54, 1.807) is 6.08 Å². The lowest BCUT2D eigenvalue weighted by molar-refractivity contribution is -0.259. The molecule has 0 radical (unpaired) electrons. The number of aliphatic hydroxyl groups excluding tert-OH is 1. The van der Waals surface area contributed by atoms with E-state index in [-0.39, 0.29) is 6.10 Å². The lowest BCUT2D eigenvalue weighted by Gasteiger charge is -2.40. The lowest BCUT2D eigenvalue weighted by Crippen LogP contribution is -2.46. The molecule has 0 amide bonds. The number of hydrogen-bond acceptors (Lipinski definition) is 3. The van der Waals surface area contributed by atoms with E-state index in [1.807, 2.05) is 13.0 Å². The zero-order valence-corrected chi connectivity index (χ0v) is 7.90. The zero-order valence-electron chi connectivity index (χ0n) is 7.90. The maximum atomic E-state index is 9.42. The van der Waals surface area contributed by atoms with Gasteiger partial charge in [0.15, 0.2) is 5.79 Å². The minimum Gasteiger partial charge on any atom is -0.386 e. The molecule has 3 unspecified atom stereocenters. The van der Waals surface area contributed by atoms with Gasteiger partial charge < -0.3 is 14.6 Å². The van der Waals surface area contributed by atoms with Gasteiger partial charge >= 0.3 is 0 Å². The van der Waals surface area contributed by atoms with Gasteiger partial charge in [0, 0.05) is 6.42 Å². The van der Waals surface area contributed by atoms with Crippen molar-refractivity contribution in [2.24, 2.45) is 0 Å². The molecule has 3 heteroatoms. The molecule has 0 aromatic carbocycles. The molecule has 0 aromatic rings. The Balaban J connectivity index is 2.10. The van der Waals surface area contributed by atoms with Crippen LogP contribution in [-0.4, -0.2) is 29.7 Å². The highest BCUT2D eigenvalue weighted by atomic mass is 16.7. The van der Waals surface area contributed by atoms with Crippen LogP contribution < -0.4 is 0 Å². The summed E-state index contributed by atoms with van der Waals surface area (Å²) in [7, 11) is 0. The SMILES string of the molecule is CC1OC2(C=CC1O)CCCCO2. The van der Waals surface area contributed by atoms with Crippen molar-refractivity contribution in [1.82, 2.24) is 0 Å². The van der Waals surface area contributed by atoms with E-state index in [4.69, 9.17) is 9.47 Å². The van der Waals surface area contributed by atoms with Gasteiger partial charge in [0.1, 0.15) is 0 Å². The maximum absolute atomic E-state index is 9.42. The Bertz CT molecular complexity index is 206. The molecule has 1 N–H and O–H groups in total. The standard InChI is InChI=1S/C10H16O3/c1-8-9(11)4-6-10(13-8)5-2-3-7-12-10/h4,6,8-9,11H,2-3,5,7H2,1H3. The molecule has 3 nitrogen and oxygen atoms in total. The summed E-state index contributed by atoms with van der Waals surface area (Å²) in [4.78, 5) is 0. The number of ether oxygens (including phenoxy) is 2. The van der Waals surface area contributed by atoms with Gasteiger partial charge in [0.2, 0.25) is 0 Å². The molecule has 74 valence electrons. The van der Waals surface area contributed by atoms with Crippen molar-refractivity contribution < 1.29 is 14.6 Å². The first-order chi connectivity index (χ1) is 6.22. The second-order valence-electron chi connectivity index (χ2n) is 3.79. The average molecular weight is 184 g/mol. The quantitative estimate of drug-likeness (QED) is 0.575. The molecule has 2 rings (SSSR count). The van der Waals surface area contributed by atoms with E-state index in [2.05, 4.69) is 0 Å². The molecule has 1 saturated heterocycles. The van der Waals surface area contributed by atoms with Crippen LogP contribution >= 0.6 is 0 Å². The summed E-state index contributed by atoms with van der Waals surface area (Å²) in [6.45, 7) is 2.63. The Hall–Kier alpha value is -0.380. The predicted molar refractivity (Wildman–Crippen MR) is 48.2 cm³/mol. The van der Waals surface area contributed by atoms with Crippen LogP contribution in [0.2, 0.25) is 0 Å². The van der Waals surface area contributed by atoms with E-state index >= 15 is 0 Å². The van der Waals surface area contributed by atoms with Crippen molar-refractivity contribution in [3.63, 3.8) is 0 Å². The van der Waals surface area contributed by atoms with Crippen molar-refractivity contribution in [1.29, 1.82) is 0 Å². The minimum atomic E-state index is -0.531.